The van der Waals surface area contributed by atoms with Crippen LogP contribution in [0.15, 0.2) is 35.1 Å². The van der Waals surface area contributed by atoms with Crippen LogP contribution in [-0.2, 0) is 12.3 Å². The lowest BCUT2D eigenvalue weighted by Gasteiger charge is -2.15. The molecule has 0 amide bonds. The van der Waals surface area contributed by atoms with E-state index in [1.54, 1.807) is 0 Å². The highest BCUT2D eigenvalue weighted by atomic mass is 32.1. The van der Waals surface area contributed by atoms with Crippen LogP contribution < -0.4 is 5.56 Å². The van der Waals surface area contributed by atoms with Gasteiger partial charge in [-0.2, -0.15) is 12.6 Å². The van der Waals surface area contributed by atoms with Gasteiger partial charge in [-0.15, -0.1) is 0 Å². The molecule has 100 valence electrons. The van der Waals surface area contributed by atoms with Crippen LogP contribution in [-0.4, -0.2) is 4.57 Å². The first-order valence-electron chi connectivity index (χ1n) is 6.49. The SMILES string of the molecule is CCn1c(-c2cc(C)ccc2C)ccc(CS)c1=O. The van der Waals surface area contributed by atoms with Crippen LogP contribution in [0.25, 0.3) is 11.3 Å². The zero-order chi connectivity index (χ0) is 14.0. The van der Waals surface area contributed by atoms with E-state index in [0.29, 0.717) is 12.3 Å². The van der Waals surface area contributed by atoms with Crippen molar-refractivity contribution < 1.29 is 0 Å². The van der Waals surface area contributed by atoms with E-state index in [1.807, 2.05) is 23.6 Å². The maximum Gasteiger partial charge on any atom is 0.255 e. The fourth-order valence-corrected chi connectivity index (χ4v) is 2.55. The van der Waals surface area contributed by atoms with Crippen molar-refractivity contribution in [2.45, 2.75) is 33.1 Å². The van der Waals surface area contributed by atoms with Gasteiger partial charge in [0.1, 0.15) is 0 Å². The van der Waals surface area contributed by atoms with Crippen LogP contribution in [0.2, 0.25) is 0 Å². The van der Waals surface area contributed by atoms with E-state index in [9.17, 15) is 4.79 Å². The van der Waals surface area contributed by atoms with Crippen molar-refractivity contribution in [1.82, 2.24) is 4.57 Å². The topological polar surface area (TPSA) is 22.0 Å². The molecule has 0 aliphatic rings. The fourth-order valence-electron chi connectivity index (χ4n) is 2.30. The molecule has 2 aromatic rings. The molecule has 0 unspecified atom stereocenters. The van der Waals surface area contributed by atoms with Crippen molar-refractivity contribution in [3.05, 3.63) is 57.4 Å². The average molecular weight is 273 g/mol. The second kappa shape index (κ2) is 5.66. The van der Waals surface area contributed by atoms with Crippen LogP contribution in [0.5, 0.6) is 0 Å². The molecule has 0 saturated carbocycles. The normalized spacial score (nSPS) is 10.7. The van der Waals surface area contributed by atoms with E-state index in [4.69, 9.17) is 0 Å². The van der Waals surface area contributed by atoms with Crippen molar-refractivity contribution in [3.63, 3.8) is 0 Å². The van der Waals surface area contributed by atoms with Crippen LogP contribution in [0.4, 0.5) is 0 Å². The summed E-state index contributed by atoms with van der Waals surface area (Å²) >= 11 is 4.21. The summed E-state index contributed by atoms with van der Waals surface area (Å²) in [7, 11) is 0. The lowest BCUT2D eigenvalue weighted by molar-refractivity contribution is 0.728. The Morgan fingerprint density at radius 3 is 2.53 bits per heavy atom. The first-order chi connectivity index (χ1) is 9.08. The molecule has 2 nitrogen and oxygen atoms in total. The first kappa shape index (κ1) is 13.9. The molecule has 0 N–H and O–H groups in total. The Kier molecular flexibility index (Phi) is 4.15. The number of aryl methyl sites for hydroxylation is 2. The van der Waals surface area contributed by atoms with Gasteiger partial charge in [-0.05, 0) is 38.5 Å². The molecule has 0 atom stereocenters. The number of hydrogen-bond acceptors (Lipinski definition) is 2. The molecular formula is C16H19NOS. The van der Waals surface area contributed by atoms with Gasteiger partial charge < -0.3 is 4.57 Å². The summed E-state index contributed by atoms with van der Waals surface area (Å²) in [5, 5.41) is 0. The Labute approximate surface area is 119 Å². The van der Waals surface area contributed by atoms with E-state index < -0.39 is 0 Å². The number of thiol groups is 1. The second-order valence-corrected chi connectivity index (χ2v) is 5.09. The highest BCUT2D eigenvalue weighted by Gasteiger charge is 2.10. The van der Waals surface area contributed by atoms with Gasteiger partial charge in [0.25, 0.3) is 5.56 Å². The third kappa shape index (κ3) is 2.61. The Balaban J connectivity index is 2.72. The van der Waals surface area contributed by atoms with E-state index in [1.165, 1.54) is 11.1 Å². The maximum absolute atomic E-state index is 12.3. The number of nitrogens with zero attached hydrogens (tertiary/aromatic N) is 1. The highest BCUT2D eigenvalue weighted by Crippen LogP contribution is 2.24. The van der Waals surface area contributed by atoms with Crippen LogP contribution >= 0.6 is 12.6 Å². The zero-order valence-corrected chi connectivity index (χ0v) is 12.5. The molecule has 0 bridgehead atoms. The first-order valence-corrected chi connectivity index (χ1v) is 7.13. The molecule has 19 heavy (non-hydrogen) atoms. The molecule has 0 aliphatic heterocycles. The zero-order valence-electron chi connectivity index (χ0n) is 11.6. The standard InChI is InChI=1S/C16H19NOS/c1-4-17-15(8-7-13(10-19)16(17)18)14-9-11(2)5-6-12(14)3/h5-9,19H,4,10H2,1-3H3. The minimum absolute atomic E-state index is 0.0657. The molecule has 0 spiro atoms. The van der Waals surface area contributed by atoms with Crippen molar-refractivity contribution in [2.75, 3.05) is 0 Å². The van der Waals surface area contributed by atoms with E-state index in [0.717, 1.165) is 16.8 Å². The van der Waals surface area contributed by atoms with Gasteiger partial charge in [0, 0.05) is 23.4 Å². The number of benzene rings is 1. The molecule has 0 aliphatic carbocycles. The van der Waals surface area contributed by atoms with E-state index in [-0.39, 0.29) is 5.56 Å². The number of hydrogen-bond donors (Lipinski definition) is 1. The van der Waals surface area contributed by atoms with Crippen LogP contribution in [0.3, 0.4) is 0 Å². The number of rotatable bonds is 3. The number of aromatic nitrogens is 1. The Bertz CT molecular complexity index is 658. The smallest absolute Gasteiger partial charge is 0.255 e. The Morgan fingerprint density at radius 2 is 1.89 bits per heavy atom. The van der Waals surface area contributed by atoms with E-state index >= 15 is 0 Å². The van der Waals surface area contributed by atoms with Gasteiger partial charge in [-0.1, -0.05) is 23.8 Å². The van der Waals surface area contributed by atoms with Gasteiger partial charge in [-0.3, -0.25) is 4.79 Å². The lowest BCUT2D eigenvalue weighted by Crippen LogP contribution is -2.24. The Morgan fingerprint density at radius 1 is 1.16 bits per heavy atom. The summed E-state index contributed by atoms with van der Waals surface area (Å²) in [5.74, 6) is 0.478. The minimum Gasteiger partial charge on any atom is -0.308 e. The van der Waals surface area contributed by atoms with Gasteiger partial charge >= 0.3 is 0 Å². The summed E-state index contributed by atoms with van der Waals surface area (Å²) in [6.07, 6.45) is 0. The minimum atomic E-state index is 0.0657. The molecule has 3 heteroatoms. The largest absolute Gasteiger partial charge is 0.308 e. The predicted octanol–water partition coefficient (Wildman–Crippen LogP) is 3.58. The maximum atomic E-state index is 12.3. The molecule has 0 radical (unpaired) electrons. The molecule has 0 fully saturated rings. The molecule has 1 aromatic heterocycles. The summed E-state index contributed by atoms with van der Waals surface area (Å²) in [5.41, 5.74) is 5.32. The predicted molar refractivity (Wildman–Crippen MR) is 84.0 cm³/mol. The quantitative estimate of drug-likeness (QED) is 0.848. The van der Waals surface area contributed by atoms with Gasteiger partial charge in [0.05, 0.1) is 5.69 Å². The van der Waals surface area contributed by atoms with Gasteiger partial charge in [-0.25, -0.2) is 0 Å². The van der Waals surface area contributed by atoms with Gasteiger partial charge in [0.15, 0.2) is 0 Å². The summed E-state index contributed by atoms with van der Waals surface area (Å²) in [4.78, 5) is 12.3. The van der Waals surface area contributed by atoms with Crippen LogP contribution in [0, 0.1) is 13.8 Å². The molecule has 1 heterocycles. The monoisotopic (exact) mass is 273 g/mol. The second-order valence-electron chi connectivity index (χ2n) is 4.77. The molecule has 2 rings (SSSR count). The van der Waals surface area contributed by atoms with Crippen molar-refractivity contribution in [3.8, 4) is 11.3 Å². The van der Waals surface area contributed by atoms with Crippen molar-refractivity contribution in [2.24, 2.45) is 0 Å². The van der Waals surface area contributed by atoms with Gasteiger partial charge in [0.2, 0.25) is 0 Å². The van der Waals surface area contributed by atoms with E-state index in [2.05, 4.69) is 44.7 Å². The third-order valence-corrected chi connectivity index (χ3v) is 3.75. The average Bonchev–Trinajstić information content (AvgIpc) is 2.41. The van der Waals surface area contributed by atoms with Crippen LogP contribution in [0.1, 0.15) is 23.6 Å². The molecule has 1 aromatic carbocycles. The molecular weight excluding hydrogens is 254 g/mol. The summed E-state index contributed by atoms with van der Waals surface area (Å²) in [6.45, 7) is 6.81. The fraction of sp³-hybridized carbons (Fsp3) is 0.312. The Hall–Kier alpha value is -1.48. The summed E-state index contributed by atoms with van der Waals surface area (Å²) in [6, 6.07) is 10.2. The van der Waals surface area contributed by atoms with Crippen molar-refractivity contribution >= 4 is 12.6 Å². The van der Waals surface area contributed by atoms with Crippen molar-refractivity contribution in [1.29, 1.82) is 0 Å². The summed E-state index contributed by atoms with van der Waals surface area (Å²) < 4.78 is 1.83. The molecule has 0 saturated heterocycles. The lowest BCUT2D eigenvalue weighted by atomic mass is 10.0. The number of pyridine rings is 1. The highest BCUT2D eigenvalue weighted by molar-refractivity contribution is 7.79. The third-order valence-electron chi connectivity index (χ3n) is 3.41.